The largest absolute Gasteiger partial charge is 0.366 e. The number of ether oxygens (including phenoxy) is 1. The van der Waals surface area contributed by atoms with Gasteiger partial charge in [0.05, 0.1) is 24.3 Å². The number of rotatable bonds is 4. The normalized spacial score (nSPS) is 18.4. The highest BCUT2D eigenvalue weighted by Gasteiger charge is 2.30. The Morgan fingerprint density at radius 2 is 2.28 bits per heavy atom. The molecular formula is C17H21N5O3. The summed E-state index contributed by atoms with van der Waals surface area (Å²) in [5, 5.41) is 19.8. The van der Waals surface area contributed by atoms with Crippen molar-refractivity contribution in [2.24, 2.45) is 7.05 Å². The maximum Gasteiger partial charge on any atom is 0.346 e. The molecule has 2 atom stereocenters. The summed E-state index contributed by atoms with van der Waals surface area (Å²) in [5.41, 5.74) is 1.83. The van der Waals surface area contributed by atoms with E-state index in [0.29, 0.717) is 18.8 Å². The molecule has 0 fully saturated rings. The number of hydrogen-bond donors (Lipinski definition) is 1. The number of aliphatic hydroxyl groups excluding tert-OH is 1. The van der Waals surface area contributed by atoms with E-state index in [1.54, 1.807) is 4.57 Å². The van der Waals surface area contributed by atoms with Crippen molar-refractivity contribution in [3.05, 3.63) is 46.3 Å². The Morgan fingerprint density at radius 1 is 1.44 bits per heavy atom. The van der Waals surface area contributed by atoms with Crippen molar-refractivity contribution in [3.63, 3.8) is 0 Å². The van der Waals surface area contributed by atoms with Gasteiger partial charge in [0, 0.05) is 26.0 Å². The second-order valence-electron chi connectivity index (χ2n) is 6.47. The highest BCUT2D eigenvalue weighted by atomic mass is 16.6. The van der Waals surface area contributed by atoms with Crippen LogP contribution in [0.5, 0.6) is 0 Å². The highest BCUT2D eigenvalue weighted by Crippen LogP contribution is 2.25. The number of nitrogens with zero attached hydrogens (tertiary/aromatic N) is 5. The van der Waals surface area contributed by atoms with Gasteiger partial charge < -0.3 is 9.84 Å². The first-order valence-electron chi connectivity index (χ1n) is 8.38. The van der Waals surface area contributed by atoms with E-state index < -0.39 is 6.29 Å². The van der Waals surface area contributed by atoms with E-state index >= 15 is 0 Å². The van der Waals surface area contributed by atoms with Crippen molar-refractivity contribution >= 4 is 10.9 Å². The third-order valence-electron chi connectivity index (χ3n) is 4.89. The van der Waals surface area contributed by atoms with E-state index in [1.807, 2.05) is 36.1 Å². The van der Waals surface area contributed by atoms with E-state index in [0.717, 1.165) is 29.3 Å². The predicted molar refractivity (Wildman–Crippen MR) is 91.3 cm³/mol. The number of aromatic nitrogens is 5. The zero-order valence-corrected chi connectivity index (χ0v) is 14.3. The highest BCUT2D eigenvalue weighted by molar-refractivity contribution is 5.79. The van der Waals surface area contributed by atoms with E-state index in [9.17, 15) is 9.90 Å². The lowest BCUT2D eigenvalue weighted by molar-refractivity contribution is -0.112. The van der Waals surface area contributed by atoms with Gasteiger partial charge in [0.1, 0.15) is 5.82 Å². The number of methoxy groups -OCH3 is 1. The van der Waals surface area contributed by atoms with Crippen molar-refractivity contribution < 1.29 is 9.84 Å². The van der Waals surface area contributed by atoms with Crippen molar-refractivity contribution in [1.29, 1.82) is 0 Å². The molecule has 0 saturated heterocycles. The Bertz CT molecular complexity index is 970. The lowest BCUT2D eigenvalue weighted by Crippen LogP contribution is -2.37. The zero-order valence-electron chi connectivity index (χ0n) is 14.3. The summed E-state index contributed by atoms with van der Waals surface area (Å²) < 4.78 is 9.90. The molecule has 8 heteroatoms. The van der Waals surface area contributed by atoms with Crippen LogP contribution < -0.4 is 5.69 Å². The summed E-state index contributed by atoms with van der Waals surface area (Å²) in [6.07, 6.45) is 3.13. The van der Waals surface area contributed by atoms with Crippen LogP contribution in [0.15, 0.2) is 29.2 Å². The molecule has 4 rings (SSSR count). The van der Waals surface area contributed by atoms with E-state index in [-0.39, 0.29) is 11.7 Å². The van der Waals surface area contributed by atoms with Gasteiger partial charge in [0.15, 0.2) is 6.29 Å². The zero-order chi connectivity index (χ0) is 17.6. The molecule has 0 spiro atoms. The second-order valence-corrected chi connectivity index (χ2v) is 6.47. The van der Waals surface area contributed by atoms with Gasteiger partial charge in [0.25, 0.3) is 0 Å². The summed E-state index contributed by atoms with van der Waals surface area (Å²) >= 11 is 0. The molecule has 0 saturated carbocycles. The van der Waals surface area contributed by atoms with Crippen LogP contribution in [0.4, 0.5) is 0 Å². The molecule has 25 heavy (non-hydrogen) atoms. The third kappa shape index (κ3) is 2.67. The number of hydrogen-bond acceptors (Lipinski definition) is 5. The molecule has 2 aromatic heterocycles. The van der Waals surface area contributed by atoms with Crippen LogP contribution >= 0.6 is 0 Å². The molecule has 8 nitrogen and oxygen atoms in total. The lowest BCUT2D eigenvalue weighted by atomic mass is 10.0. The van der Waals surface area contributed by atoms with Crippen molar-refractivity contribution in [2.45, 2.75) is 38.1 Å². The molecule has 1 aliphatic rings. The number of benzene rings is 1. The van der Waals surface area contributed by atoms with Crippen molar-refractivity contribution in [3.8, 4) is 0 Å². The molecule has 3 heterocycles. The Hall–Kier alpha value is -2.45. The van der Waals surface area contributed by atoms with Crippen LogP contribution in [0.3, 0.4) is 0 Å². The molecular weight excluding hydrogens is 322 g/mol. The van der Waals surface area contributed by atoms with E-state index in [4.69, 9.17) is 4.74 Å². The fraction of sp³-hybridized carbons (Fsp3) is 0.471. The predicted octanol–water partition coefficient (Wildman–Crippen LogP) is 0.822. The fourth-order valence-electron chi connectivity index (χ4n) is 3.58. The number of aryl methyl sites for hydroxylation is 2. The Labute approximate surface area is 144 Å². The topological polar surface area (TPSA) is 87.1 Å². The van der Waals surface area contributed by atoms with Gasteiger partial charge in [-0.05, 0) is 30.5 Å². The Kier molecular flexibility index (Phi) is 3.93. The first kappa shape index (κ1) is 16.0. The molecule has 0 aliphatic carbocycles. The molecule has 0 bridgehead atoms. The quantitative estimate of drug-likeness (QED) is 0.709. The minimum absolute atomic E-state index is 0.206. The summed E-state index contributed by atoms with van der Waals surface area (Å²) in [4.78, 5) is 12.8. The summed E-state index contributed by atoms with van der Waals surface area (Å²) in [5.74, 6) is 0.708. The van der Waals surface area contributed by atoms with Crippen LogP contribution in [-0.4, -0.2) is 42.6 Å². The van der Waals surface area contributed by atoms with Gasteiger partial charge in [-0.2, -0.15) is 10.2 Å². The molecule has 1 aliphatic heterocycles. The second kappa shape index (κ2) is 6.12. The molecule has 3 aromatic rings. The van der Waals surface area contributed by atoms with E-state index in [2.05, 4.69) is 10.2 Å². The van der Waals surface area contributed by atoms with Crippen LogP contribution in [0.1, 0.15) is 30.3 Å². The van der Waals surface area contributed by atoms with Gasteiger partial charge in [0.2, 0.25) is 0 Å². The SMILES string of the molecule is COC(O)C1CCCc2nn(Cc3ccc4c(cnn4C)c3)c(=O)n21. The number of fused-ring (bicyclic) bond motifs is 2. The average Bonchev–Trinajstić information content (AvgIpc) is 3.15. The average molecular weight is 343 g/mol. The lowest BCUT2D eigenvalue weighted by Gasteiger charge is -2.26. The van der Waals surface area contributed by atoms with Crippen molar-refractivity contribution in [1.82, 2.24) is 24.1 Å². The summed E-state index contributed by atoms with van der Waals surface area (Å²) in [6.45, 7) is 0.388. The maximum atomic E-state index is 12.8. The molecule has 132 valence electrons. The molecule has 1 N–H and O–H groups in total. The first-order chi connectivity index (χ1) is 12.1. The molecule has 0 amide bonds. The summed E-state index contributed by atoms with van der Waals surface area (Å²) in [7, 11) is 3.34. The summed E-state index contributed by atoms with van der Waals surface area (Å²) in [6, 6.07) is 5.62. The maximum absolute atomic E-state index is 12.8. The molecule has 1 aromatic carbocycles. The third-order valence-corrected chi connectivity index (χ3v) is 4.89. The number of aliphatic hydroxyl groups is 1. The minimum atomic E-state index is -0.999. The van der Waals surface area contributed by atoms with Gasteiger partial charge in [-0.15, -0.1) is 0 Å². The molecule has 0 radical (unpaired) electrons. The monoisotopic (exact) mass is 343 g/mol. The van der Waals surface area contributed by atoms with Gasteiger partial charge in [-0.3, -0.25) is 9.25 Å². The standard InChI is InChI=1S/C17H21N5O3/c1-20-13-7-6-11(8-12(13)9-18-20)10-21-17(24)22-14(16(23)25-2)4-3-5-15(22)19-21/h6-9,14,16,23H,3-5,10H2,1-2H3. The van der Waals surface area contributed by atoms with Crippen LogP contribution in [-0.2, 0) is 24.8 Å². The van der Waals surface area contributed by atoms with E-state index in [1.165, 1.54) is 11.8 Å². The Morgan fingerprint density at radius 3 is 3.08 bits per heavy atom. The van der Waals surface area contributed by atoms with Gasteiger partial charge in [-0.1, -0.05) is 6.07 Å². The van der Waals surface area contributed by atoms with Gasteiger partial charge >= 0.3 is 5.69 Å². The Balaban J connectivity index is 1.69. The molecule has 2 unspecified atom stereocenters. The fourth-order valence-corrected chi connectivity index (χ4v) is 3.58. The minimum Gasteiger partial charge on any atom is -0.366 e. The smallest absolute Gasteiger partial charge is 0.346 e. The van der Waals surface area contributed by atoms with Crippen LogP contribution in [0.2, 0.25) is 0 Å². The van der Waals surface area contributed by atoms with Gasteiger partial charge in [-0.25, -0.2) is 9.48 Å². The van der Waals surface area contributed by atoms with Crippen molar-refractivity contribution in [2.75, 3.05) is 7.11 Å². The first-order valence-corrected chi connectivity index (χ1v) is 8.38. The van der Waals surface area contributed by atoms with Crippen LogP contribution in [0, 0.1) is 0 Å². The van der Waals surface area contributed by atoms with Crippen LogP contribution in [0.25, 0.3) is 10.9 Å².